The van der Waals surface area contributed by atoms with Gasteiger partial charge in [-0.15, -0.1) is 0 Å². The molecule has 0 aromatic heterocycles. The summed E-state index contributed by atoms with van der Waals surface area (Å²) in [5.74, 6) is -8.91. The lowest BCUT2D eigenvalue weighted by molar-refractivity contribution is -0.142. The van der Waals surface area contributed by atoms with Gasteiger partial charge in [0.15, 0.2) is 0 Å². The Balaban J connectivity index is 5.86. The number of amides is 7. The molecule has 14 N–H and O–H groups in total. The maximum Gasteiger partial charge on any atom is 0.326 e. The third kappa shape index (κ3) is 21.3. The number of aliphatic hydroxyl groups is 1. The van der Waals surface area contributed by atoms with Crippen molar-refractivity contribution in [3.8, 4) is 0 Å². The lowest BCUT2D eigenvalue weighted by Crippen LogP contribution is -2.59. The molecule has 0 saturated carbocycles. The first-order valence-electron chi connectivity index (χ1n) is 19.1. The summed E-state index contributed by atoms with van der Waals surface area (Å²) in [6.45, 7) is 10.6. The molecule has 0 heterocycles. The van der Waals surface area contributed by atoms with E-state index in [1.807, 2.05) is 0 Å². The number of nitrogens with two attached hydrogens (primary N) is 2. The average Bonchev–Trinajstić information content (AvgIpc) is 3.12. The third-order valence-corrected chi connectivity index (χ3v) is 8.55. The Morgan fingerprint density at radius 3 is 1.54 bits per heavy atom. The summed E-state index contributed by atoms with van der Waals surface area (Å²) in [4.78, 5) is 114. The molecule has 0 aliphatic carbocycles. The predicted molar refractivity (Wildman–Crippen MR) is 206 cm³/mol. The normalized spacial score (nSPS) is 14.9. The Morgan fingerprint density at radius 2 is 1.05 bits per heavy atom. The number of rotatable bonds is 28. The van der Waals surface area contributed by atoms with E-state index in [9.17, 15) is 58.5 Å². The molecule has 7 atom stereocenters. The maximum atomic E-state index is 13.6. The Morgan fingerprint density at radius 1 is 0.561 bits per heavy atom. The largest absolute Gasteiger partial charge is 0.481 e. The van der Waals surface area contributed by atoms with E-state index in [4.69, 9.17) is 11.5 Å². The van der Waals surface area contributed by atoms with Gasteiger partial charge in [-0.05, 0) is 69.7 Å². The molecule has 57 heavy (non-hydrogen) atoms. The summed E-state index contributed by atoms with van der Waals surface area (Å²) in [5.41, 5.74) is 11.3. The van der Waals surface area contributed by atoms with Gasteiger partial charge in [0.05, 0.1) is 19.2 Å². The van der Waals surface area contributed by atoms with Crippen molar-refractivity contribution in [1.82, 2.24) is 37.2 Å². The van der Waals surface area contributed by atoms with Crippen LogP contribution in [0.5, 0.6) is 0 Å². The fourth-order valence-corrected chi connectivity index (χ4v) is 5.21. The number of hydrogen-bond acceptors (Lipinski definition) is 12. The molecule has 0 radical (unpaired) electrons. The molecule has 0 aromatic carbocycles. The van der Waals surface area contributed by atoms with E-state index in [1.54, 1.807) is 41.5 Å². The minimum absolute atomic E-state index is 0.0390. The number of aliphatic hydroxyl groups excluding tert-OH is 1. The molecular weight excluding hydrogens is 750 g/mol. The molecule has 326 valence electrons. The van der Waals surface area contributed by atoms with Crippen molar-refractivity contribution in [3.63, 3.8) is 0 Å². The van der Waals surface area contributed by atoms with E-state index in [2.05, 4.69) is 37.2 Å². The first-order chi connectivity index (χ1) is 26.5. The lowest BCUT2D eigenvalue weighted by atomic mass is 10.0. The molecule has 0 aliphatic heterocycles. The summed E-state index contributed by atoms with van der Waals surface area (Å²) in [5, 5.41) is 45.3. The number of carbonyl (C=O) groups is 9. The van der Waals surface area contributed by atoms with Gasteiger partial charge in [0.25, 0.3) is 0 Å². The number of carboxylic acids is 2. The molecular formula is C36H65N9O12. The molecule has 0 spiro atoms. The zero-order chi connectivity index (χ0) is 44.0. The SMILES string of the molecule is CC(C)C[C@H](NC(=O)[C@H](C)NC(=O)[C@@H](N)C(C)C)C(=O)N[C@@H](CCC(=O)O)C(=O)N[C@@H](CC(C)C)C(=O)NCC(=O)N[C@@H](CO)C(=O)N[C@@H](CCCCN)C(=O)O. The Hall–Kier alpha value is -4.89. The summed E-state index contributed by atoms with van der Waals surface area (Å²) in [6.07, 6.45) is 0.181. The van der Waals surface area contributed by atoms with Gasteiger partial charge in [-0.1, -0.05) is 41.5 Å². The highest BCUT2D eigenvalue weighted by molar-refractivity contribution is 5.97. The second kappa shape index (κ2) is 26.9. The van der Waals surface area contributed by atoms with Crippen LogP contribution >= 0.6 is 0 Å². The summed E-state index contributed by atoms with van der Waals surface area (Å²) in [6, 6.07) is -8.79. The third-order valence-electron chi connectivity index (χ3n) is 8.55. The molecule has 0 unspecified atom stereocenters. The topological polar surface area (TPSA) is 351 Å². The Labute approximate surface area is 333 Å². The van der Waals surface area contributed by atoms with Crippen LogP contribution in [-0.4, -0.2) is 131 Å². The highest BCUT2D eigenvalue weighted by atomic mass is 16.4. The number of aliphatic carboxylic acids is 2. The first kappa shape index (κ1) is 52.1. The van der Waals surface area contributed by atoms with Gasteiger partial charge >= 0.3 is 11.9 Å². The van der Waals surface area contributed by atoms with Gasteiger partial charge in [-0.25, -0.2) is 4.79 Å². The van der Waals surface area contributed by atoms with Gasteiger partial charge in [-0.2, -0.15) is 0 Å². The molecule has 0 aromatic rings. The summed E-state index contributed by atoms with van der Waals surface area (Å²) < 4.78 is 0. The molecule has 21 heteroatoms. The van der Waals surface area contributed by atoms with Crippen molar-refractivity contribution in [3.05, 3.63) is 0 Å². The minimum Gasteiger partial charge on any atom is -0.481 e. The smallest absolute Gasteiger partial charge is 0.326 e. The maximum absolute atomic E-state index is 13.6. The average molecular weight is 816 g/mol. The lowest BCUT2D eigenvalue weighted by Gasteiger charge is -2.27. The molecule has 0 saturated heterocycles. The highest BCUT2D eigenvalue weighted by Gasteiger charge is 2.33. The molecule has 0 bridgehead atoms. The zero-order valence-electron chi connectivity index (χ0n) is 34.0. The second-order valence-electron chi connectivity index (χ2n) is 15.1. The van der Waals surface area contributed by atoms with Gasteiger partial charge in [-0.3, -0.25) is 38.4 Å². The van der Waals surface area contributed by atoms with Crippen LogP contribution in [0, 0.1) is 17.8 Å². The molecule has 7 amide bonds. The van der Waals surface area contributed by atoms with E-state index in [0.29, 0.717) is 19.4 Å². The molecule has 0 fully saturated rings. The fourth-order valence-electron chi connectivity index (χ4n) is 5.21. The van der Waals surface area contributed by atoms with E-state index in [-0.39, 0.29) is 37.0 Å². The van der Waals surface area contributed by atoms with Crippen LogP contribution < -0.4 is 48.7 Å². The number of hydrogen-bond donors (Lipinski definition) is 12. The summed E-state index contributed by atoms with van der Waals surface area (Å²) in [7, 11) is 0. The van der Waals surface area contributed by atoms with Gasteiger partial charge < -0.3 is 64.0 Å². The van der Waals surface area contributed by atoms with Crippen molar-refractivity contribution >= 4 is 53.3 Å². The van der Waals surface area contributed by atoms with Gasteiger partial charge in [0.1, 0.15) is 36.3 Å². The van der Waals surface area contributed by atoms with Crippen LogP contribution in [0.2, 0.25) is 0 Å². The standard InChI is InChI=1S/C36H65N9O12/c1-18(2)14-24(31(51)39-16-27(47)41-26(17-46)34(54)43-23(36(56)57)10-8-9-13-37)45-32(52)22(11-12-28(48)49)42-33(53)25(15-19(3)4)44-30(50)21(7)40-35(55)29(38)20(5)6/h18-26,29,46H,8-17,37-38H2,1-7H3,(H,39,51)(H,40,55)(H,41,47)(H,42,53)(H,43,54)(H,44,50)(H,45,52)(H,48,49)(H,56,57)/t21-,22-,23-,24-,25-,26-,29-/m0/s1. The van der Waals surface area contributed by atoms with Crippen LogP contribution in [0.3, 0.4) is 0 Å². The van der Waals surface area contributed by atoms with E-state index in [1.165, 1.54) is 6.92 Å². The monoisotopic (exact) mass is 815 g/mol. The van der Waals surface area contributed by atoms with E-state index < -0.39 is 122 Å². The number of unbranched alkanes of at least 4 members (excludes halogenated alkanes) is 1. The minimum atomic E-state index is -1.55. The molecule has 21 nitrogen and oxygen atoms in total. The van der Waals surface area contributed by atoms with Crippen molar-refractivity contribution in [1.29, 1.82) is 0 Å². The molecule has 0 rings (SSSR count). The number of carbonyl (C=O) groups excluding carboxylic acids is 7. The number of nitrogens with one attached hydrogen (secondary N) is 7. The van der Waals surface area contributed by atoms with Crippen LogP contribution in [-0.2, 0) is 43.2 Å². The predicted octanol–water partition coefficient (Wildman–Crippen LogP) is -2.82. The van der Waals surface area contributed by atoms with E-state index in [0.717, 1.165) is 0 Å². The first-order valence-corrected chi connectivity index (χ1v) is 19.1. The van der Waals surface area contributed by atoms with Crippen LogP contribution in [0.25, 0.3) is 0 Å². The number of carboxylic acid groups (broad SMARTS) is 2. The Bertz CT molecular complexity index is 1380. The van der Waals surface area contributed by atoms with Crippen molar-refractivity contribution in [2.24, 2.45) is 29.2 Å². The highest BCUT2D eigenvalue weighted by Crippen LogP contribution is 2.10. The zero-order valence-corrected chi connectivity index (χ0v) is 34.0. The van der Waals surface area contributed by atoms with Crippen molar-refractivity contribution < 1.29 is 58.5 Å². The second-order valence-corrected chi connectivity index (χ2v) is 15.1. The van der Waals surface area contributed by atoms with Crippen molar-refractivity contribution in [2.45, 2.75) is 136 Å². The molecule has 0 aliphatic rings. The van der Waals surface area contributed by atoms with E-state index >= 15 is 0 Å². The summed E-state index contributed by atoms with van der Waals surface area (Å²) >= 11 is 0. The van der Waals surface area contributed by atoms with Gasteiger partial charge in [0, 0.05) is 6.42 Å². The quantitative estimate of drug-likeness (QED) is 0.0355. The van der Waals surface area contributed by atoms with Crippen molar-refractivity contribution in [2.75, 3.05) is 19.7 Å². The van der Waals surface area contributed by atoms with Crippen LogP contribution in [0.1, 0.15) is 93.4 Å². The van der Waals surface area contributed by atoms with Crippen LogP contribution in [0.4, 0.5) is 0 Å². The van der Waals surface area contributed by atoms with Gasteiger partial charge in [0.2, 0.25) is 41.4 Å². The fraction of sp³-hybridized carbons (Fsp3) is 0.750. The van der Waals surface area contributed by atoms with Crippen LogP contribution in [0.15, 0.2) is 0 Å². The Kier molecular flexibility index (Phi) is 24.6.